The normalized spacial score (nSPS) is 14.3. The molecule has 1 aliphatic rings. The Balaban J connectivity index is 1.34. The molecule has 1 amide bonds. The molecule has 0 N–H and O–H groups in total. The predicted octanol–water partition coefficient (Wildman–Crippen LogP) is 6.35. The van der Waals surface area contributed by atoms with Crippen molar-refractivity contribution in [3.05, 3.63) is 131 Å². The van der Waals surface area contributed by atoms with Crippen molar-refractivity contribution in [2.75, 3.05) is 26.2 Å². The number of halogens is 1. The number of carbonyl (C=O) groups is 1. The maximum absolute atomic E-state index is 13.5. The summed E-state index contributed by atoms with van der Waals surface area (Å²) in [5.41, 5.74) is 6.02. The summed E-state index contributed by atoms with van der Waals surface area (Å²) in [6, 6.07) is 33.6. The van der Waals surface area contributed by atoms with E-state index in [4.69, 9.17) is 0 Å². The van der Waals surface area contributed by atoms with E-state index in [1.807, 2.05) is 42.2 Å². The fourth-order valence-corrected chi connectivity index (χ4v) is 4.91. The van der Waals surface area contributed by atoms with Crippen molar-refractivity contribution in [1.29, 1.82) is 0 Å². The lowest BCUT2D eigenvalue weighted by Gasteiger charge is -2.40. The average molecular weight is 465 g/mol. The number of hydrogen-bond donors (Lipinski definition) is 0. The standard InChI is InChI=1S/C31H29FN2O/c1-23-12-13-27(24-14-16-28(32)17-15-24)22-29(23)31(35)34-20-18-33(19-21-34)30(25-8-4-2-5-9-25)26-10-6-3-7-11-26/h2-17,22,30H,18-21H2,1H3. The molecule has 4 heteroatoms. The van der Waals surface area contributed by atoms with E-state index in [9.17, 15) is 9.18 Å². The molecule has 1 heterocycles. The third kappa shape index (κ3) is 5.03. The highest BCUT2D eigenvalue weighted by Gasteiger charge is 2.29. The van der Waals surface area contributed by atoms with Crippen LogP contribution < -0.4 is 0 Å². The molecule has 0 unspecified atom stereocenters. The molecule has 176 valence electrons. The molecular formula is C31H29FN2O. The molecule has 4 aromatic rings. The molecule has 1 aliphatic heterocycles. The van der Waals surface area contributed by atoms with Crippen LogP contribution in [-0.2, 0) is 0 Å². The predicted molar refractivity (Wildman–Crippen MR) is 139 cm³/mol. The third-order valence-electron chi connectivity index (χ3n) is 6.84. The van der Waals surface area contributed by atoms with E-state index >= 15 is 0 Å². The largest absolute Gasteiger partial charge is 0.336 e. The minimum atomic E-state index is -0.264. The van der Waals surface area contributed by atoms with Gasteiger partial charge in [-0.05, 0) is 52.9 Å². The van der Waals surface area contributed by atoms with Gasteiger partial charge in [0, 0.05) is 31.7 Å². The van der Waals surface area contributed by atoms with Crippen molar-refractivity contribution >= 4 is 5.91 Å². The van der Waals surface area contributed by atoms with Gasteiger partial charge < -0.3 is 4.90 Å². The summed E-state index contributed by atoms with van der Waals surface area (Å²) >= 11 is 0. The Morgan fingerprint density at radius 2 is 1.26 bits per heavy atom. The van der Waals surface area contributed by atoms with E-state index in [1.54, 1.807) is 12.1 Å². The van der Waals surface area contributed by atoms with Crippen LogP contribution >= 0.6 is 0 Å². The Morgan fingerprint density at radius 3 is 1.83 bits per heavy atom. The lowest BCUT2D eigenvalue weighted by Crippen LogP contribution is -2.50. The zero-order valence-corrected chi connectivity index (χ0v) is 19.9. The molecule has 4 aromatic carbocycles. The van der Waals surface area contributed by atoms with Gasteiger partial charge in [-0.25, -0.2) is 4.39 Å². The summed E-state index contributed by atoms with van der Waals surface area (Å²) < 4.78 is 13.4. The summed E-state index contributed by atoms with van der Waals surface area (Å²) in [4.78, 5) is 17.9. The van der Waals surface area contributed by atoms with Crippen molar-refractivity contribution in [3.8, 4) is 11.1 Å². The minimum Gasteiger partial charge on any atom is -0.336 e. The smallest absolute Gasteiger partial charge is 0.254 e. The summed E-state index contributed by atoms with van der Waals surface area (Å²) in [5.74, 6) is -0.207. The summed E-state index contributed by atoms with van der Waals surface area (Å²) in [6.07, 6.45) is 0. The van der Waals surface area contributed by atoms with Crippen molar-refractivity contribution in [1.82, 2.24) is 9.80 Å². The molecule has 0 aromatic heterocycles. The first kappa shape index (κ1) is 23.0. The number of hydrogen-bond acceptors (Lipinski definition) is 2. The fourth-order valence-electron chi connectivity index (χ4n) is 4.91. The van der Waals surface area contributed by atoms with E-state index < -0.39 is 0 Å². The maximum Gasteiger partial charge on any atom is 0.254 e. The Morgan fingerprint density at radius 1 is 0.714 bits per heavy atom. The number of carbonyl (C=O) groups excluding carboxylic acids is 1. The molecule has 0 aliphatic carbocycles. The lowest BCUT2D eigenvalue weighted by atomic mass is 9.96. The fraction of sp³-hybridized carbons (Fsp3) is 0.194. The van der Waals surface area contributed by atoms with Crippen LogP contribution in [0.5, 0.6) is 0 Å². The van der Waals surface area contributed by atoms with Crippen LogP contribution in [0.3, 0.4) is 0 Å². The van der Waals surface area contributed by atoms with Gasteiger partial charge in [-0.3, -0.25) is 9.69 Å². The van der Waals surface area contributed by atoms with E-state index in [-0.39, 0.29) is 17.8 Å². The van der Waals surface area contributed by atoms with Gasteiger partial charge in [0.15, 0.2) is 0 Å². The third-order valence-corrected chi connectivity index (χ3v) is 6.84. The quantitative estimate of drug-likeness (QED) is 0.344. The van der Waals surface area contributed by atoms with Crippen LogP contribution in [0.2, 0.25) is 0 Å². The van der Waals surface area contributed by atoms with E-state index in [0.717, 1.165) is 29.8 Å². The highest BCUT2D eigenvalue weighted by Crippen LogP contribution is 2.30. The van der Waals surface area contributed by atoms with Crippen LogP contribution in [0.4, 0.5) is 4.39 Å². The number of benzene rings is 4. The summed E-state index contributed by atoms with van der Waals surface area (Å²) in [5, 5.41) is 0. The zero-order valence-electron chi connectivity index (χ0n) is 19.9. The Bertz CT molecular complexity index is 1240. The molecule has 0 radical (unpaired) electrons. The molecule has 0 saturated carbocycles. The number of piperazine rings is 1. The first-order chi connectivity index (χ1) is 17.1. The molecule has 35 heavy (non-hydrogen) atoms. The Kier molecular flexibility index (Phi) is 6.73. The Labute approximate surface area is 206 Å². The lowest BCUT2D eigenvalue weighted by molar-refractivity contribution is 0.0596. The molecule has 5 rings (SSSR count). The van der Waals surface area contributed by atoms with Crippen LogP contribution in [-0.4, -0.2) is 41.9 Å². The van der Waals surface area contributed by atoms with Crippen LogP contribution in [0, 0.1) is 12.7 Å². The van der Waals surface area contributed by atoms with Gasteiger partial charge in [0.05, 0.1) is 6.04 Å². The van der Waals surface area contributed by atoms with E-state index in [1.165, 1.54) is 23.3 Å². The SMILES string of the molecule is Cc1ccc(-c2ccc(F)cc2)cc1C(=O)N1CCN(C(c2ccccc2)c2ccccc2)CC1. The first-order valence-electron chi connectivity index (χ1n) is 12.1. The second-order valence-corrected chi connectivity index (χ2v) is 9.09. The molecule has 0 atom stereocenters. The molecule has 1 fully saturated rings. The molecule has 0 bridgehead atoms. The highest BCUT2D eigenvalue weighted by atomic mass is 19.1. The van der Waals surface area contributed by atoms with Crippen molar-refractivity contribution in [2.24, 2.45) is 0 Å². The van der Waals surface area contributed by atoms with Gasteiger partial charge in [0.1, 0.15) is 5.82 Å². The molecule has 0 spiro atoms. The van der Waals surface area contributed by atoms with Crippen LogP contribution in [0.1, 0.15) is 33.1 Å². The number of amides is 1. The van der Waals surface area contributed by atoms with Gasteiger partial charge in [-0.1, -0.05) is 84.9 Å². The number of aryl methyl sites for hydroxylation is 1. The van der Waals surface area contributed by atoms with Gasteiger partial charge in [0.2, 0.25) is 0 Å². The number of rotatable bonds is 5. The van der Waals surface area contributed by atoms with E-state index in [0.29, 0.717) is 18.7 Å². The van der Waals surface area contributed by atoms with Crippen LogP contribution in [0.15, 0.2) is 103 Å². The summed E-state index contributed by atoms with van der Waals surface area (Å²) in [7, 11) is 0. The van der Waals surface area contributed by atoms with E-state index in [2.05, 4.69) is 53.4 Å². The molecule has 3 nitrogen and oxygen atoms in total. The highest BCUT2D eigenvalue weighted by molar-refractivity contribution is 5.97. The molecular weight excluding hydrogens is 435 g/mol. The maximum atomic E-state index is 13.5. The van der Waals surface area contributed by atoms with Crippen molar-refractivity contribution in [2.45, 2.75) is 13.0 Å². The van der Waals surface area contributed by atoms with Gasteiger partial charge in [-0.15, -0.1) is 0 Å². The average Bonchev–Trinajstić information content (AvgIpc) is 2.91. The van der Waals surface area contributed by atoms with Gasteiger partial charge >= 0.3 is 0 Å². The first-order valence-corrected chi connectivity index (χ1v) is 12.1. The van der Waals surface area contributed by atoms with Gasteiger partial charge in [0.25, 0.3) is 5.91 Å². The second-order valence-electron chi connectivity index (χ2n) is 9.09. The zero-order chi connectivity index (χ0) is 24.2. The monoisotopic (exact) mass is 464 g/mol. The topological polar surface area (TPSA) is 23.6 Å². The van der Waals surface area contributed by atoms with Crippen molar-refractivity contribution in [3.63, 3.8) is 0 Å². The molecule has 1 saturated heterocycles. The second kappa shape index (κ2) is 10.2. The van der Waals surface area contributed by atoms with Crippen molar-refractivity contribution < 1.29 is 9.18 Å². The van der Waals surface area contributed by atoms with Gasteiger partial charge in [-0.2, -0.15) is 0 Å². The number of nitrogens with zero attached hydrogens (tertiary/aromatic N) is 2. The Hall–Kier alpha value is -3.76. The minimum absolute atomic E-state index is 0.0575. The summed E-state index contributed by atoms with van der Waals surface area (Å²) in [6.45, 7) is 4.93. The van der Waals surface area contributed by atoms with Crippen LogP contribution in [0.25, 0.3) is 11.1 Å².